The van der Waals surface area contributed by atoms with Crippen LogP contribution in [0.25, 0.3) is 0 Å². The van der Waals surface area contributed by atoms with Crippen molar-refractivity contribution in [1.29, 1.82) is 0 Å². The van der Waals surface area contributed by atoms with E-state index in [9.17, 15) is 5.11 Å². The van der Waals surface area contributed by atoms with Gasteiger partial charge in [-0.2, -0.15) is 0 Å². The highest BCUT2D eigenvalue weighted by molar-refractivity contribution is 7.99. The summed E-state index contributed by atoms with van der Waals surface area (Å²) in [6, 6.07) is 8.85. The summed E-state index contributed by atoms with van der Waals surface area (Å²) in [5, 5.41) is 13.4. The highest BCUT2D eigenvalue weighted by Gasteiger charge is 2.25. The minimum absolute atomic E-state index is 0.179. The molecule has 0 aliphatic rings. The van der Waals surface area contributed by atoms with Gasteiger partial charge in [0.15, 0.2) is 0 Å². The van der Waals surface area contributed by atoms with Gasteiger partial charge in [-0.25, -0.2) is 0 Å². The van der Waals surface area contributed by atoms with Crippen molar-refractivity contribution in [2.45, 2.75) is 62.6 Å². The first-order chi connectivity index (χ1) is 9.40. The first-order valence-corrected chi connectivity index (χ1v) is 8.40. The van der Waals surface area contributed by atoms with E-state index in [1.807, 2.05) is 11.8 Å². The fourth-order valence-electron chi connectivity index (χ4n) is 2.46. The molecule has 2 N–H and O–H groups in total. The van der Waals surface area contributed by atoms with Gasteiger partial charge in [-0.1, -0.05) is 39.8 Å². The van der Waals surface area contributed by atoms with Crippen LogP contribution >= 0.6 is 11.8 Å². The van der Waals surface area contributed by atoms with Crippen LogP contribution in [0.2, 0.25) is 0 Å². The second-order valence-electron chi connectivity index (χ2n) is 6.11. The average Bonchev–Trinajstić information content (AvgIpc) is 2.39. The Hall–Kier alpha value is -0.510. The van der Waals surface area contributed by atoms with E-state index in [-0.39, 0.29) is 12.1 Å². The lowest BCUT2D eigenvalue weighted by molar-refractivity contribution is 0.168. The SMILES string of the molecule is CCNC(C)(CO)CC(C)Sc1ccc(C(C)C)cc1. The van der Waals surface area contributed by atoms with Gasteiger partial charge in [-0.3, -0.25) is 0 Å². The Kier molecular flexibility index (Phi) is 7.07. The summed E-state index contributed by atoms with van der Waals surface area (Å²) in [5.74, 6) is 0.581. The molecule has 0 saturated carbocycles. The molecule has 2 atom stereocenters. The summed E-state index contributed by atoms with van der Waals surface area (Å²) in [6.07, 6.45) is 0.952. The van der Waals surface area contributed by atoms with Crippen LogP contribution < -0.4 is 5.32 Å². The van der Waals surface area contributed by atoms with Crippen LogP contribution in [0, 0.1) is 0 Å². The van der Waals surface area contributed by atoms with Crippen LogP contribution in [0.15, 0.2) is 29.2 Å². The Labute approximate surface area is 128 Å². The van der Waals surface area contributed by atoms with E-state index in [1.54, 1.807) is 0 Å². The molecule has 0 radical (unpaired) electrons. The van der Waals surface area contributed by atoms with Gasteiger partial charge in [-0.05, 0) is 43.5 Å². The summed E-state index contributed by atoms with van der Waals surface area (Å²) in [4.78, 5) is 1.30. The van der Waals surface area contributed by atoms with E-state index in [1.165, 1.54) is 10.5 Å². The van der Waals surface area contributed by atoms with Crippen LogP contribution in [0.5, 0.6) is 0 Å². The molecule has 3 heteroatoms. The summed E-state index contributed by atoms with van der Waals surface area (Å²) in [6.45, 7) is 11.9. The molecule has 0 saturated heterocycles. The van der Waals surface area contributed by atoms with E-state index >= 15 is 0 Å². The van der Waals surface area contributed by atoms with E-state index in [0.29, 0.717) is 11.2 Å². The first kappa shape index (κ1) is 17.5. The molecule has 0 amide bonds. The van der Waals surface area contributed by atoms with Crippen LogP contribution in [0.1, 0.15) is 52.5 Å². The zero-order chi connectivity index (χ0) is 15.2. The smallest absolute Gasteiger partial charge is 0.0611 e. The summed E-state index contributed by atoms with van der Waals surface area (Å²) < 4.78 is 0. The Morgan fingerprint density at radius 3 is 2.25 bits per heavy atom. The molecule has 1 rings (SSSR count). The molecule has 1 aromatic carbocycles. The van der Waals surface area contributed by atoms with Crippen molar-refractivity contribution < 1.29 is 5.11 Å². The molecular formula is C17H29NOS. The molecule has 0 aliphatic carbocycles. The maximum atomic E-state index is 9.56. The molecular weight excluding hydrogens is 266 g/mol. The fourth-order valence-corrected chi connectivity index (χ4v) is 3.67. The van der Waals surface area contributed by atoms with E-state index in [2.05, 4.69) is 64.2 Å². The Morgan fingerprint density at radius 1 is 1.20 bits per heavy atom. The highest BCUT2D eigenvalue weighted by atomic mass is 32.2. The molecule has 1 aromatic rings. The van der Waals surface area contributed by atoms with E-state index in [0.717, 1.165) is 13.0 Å². The number of likely N-dealkylation sites (N-methyl/N-ethyl adjacent to an activating group) is 1. The van der Waals surface area contributed by atoms with Crippen molar-refractivity contribution >= 4 is 11.8 Å². The number of aliphatic hydroxyl groups is 1. The predicted octanol–water partition coefficient (Wildman–Crippen LogP) is 4.04. The predicted molar refractivity (Wildman–Crippen MR) is 89.6 cm³/mol. The van der Waals surface area contributed by atoms with Crippen LogP contribution in [-0.4, -0.2) is 29.0 Å². The lowest BCUT2D eigenvalue weighted by atomic mass is 9.97. The number of hydrogen-bond donors (Lipinski definition) is 2. The maximum absolute atomic E-state index is 9.56. The lowest BCUT2D eigenvalue weighted by Gasteiger charge is -2.31. The molecule has 0 bridgehead atoms. The number of benzene rings is 1. The van der Waals surface area contributed by atoms with Crippen molar-refractivity contribution in [3.63, 3.8) is 0 Å². The van der Waals surface area contributed by atoms with Gasteiger partial charge in [0.1, 0.15) is 0 Å². The van der Waals surface area contributed by atoms with Crippen molar-refractivity contribution in [2.75, 3.05) is 13.2 Å². The van der Waals surface area contributed by atoms with Gasteiger partial charge in [0.25, 0.3) is 0 Å². The third-order valence-electron chi connectivity index (χ3n) is 3.57. The van der Waals surface area contributed by atoms with Crippen molar-refractivity contribution in [2.24, 2.45) is 0 Å². The highest BCUT2D eigenvalue weighted by Crippen LogP contribution is 2.29. The van der Waals surface area contributed by atoms with Gasteiger partial charge in [-0.15, -0.1) is 11.8 Å². The monoisotopic (exact) mass is 295 g/mol. The Morgan fingerprint density at radius 2 is 1.80 bits per heavy atom. The molecule has 0 aromatic heterocycles. The minimum atomic E-state index is -0.182. The molecule has 114 valence electrons. The summed E-state index contributed by atoms with van der Waals surface area (Å²) >= 11 is 1.88. The fraction of sp³-hybridized carbons (Fsp3) is 0.647. The number of hydrogen-bond acceptors (Lipinski definition) is 3. The third-order valence-corrected chi connectivity index (χ3v) is 4.69. The van der Waals surface area contributed by atoms with Gasteiger partial charge >= 0.3 is 0 Å². The molecule has 0 fully saturated rings. The minimum Gasteiger partial charge on any atom is -0.394 e. The first-order valence-electron chi connectivity index (χ1n) is 7.52. The summed E-state index contributed by atoms with van der Waals surface area (Å²) in [7, 11) is 0. The van der Waals surface area contributed by atoms with E-state index in [4.69, 9.17) is 0 Å². The second-order valence-corrected chi connectivity index (χ2v) is 7.62. The van der Waals surface area contributed by atoms with Crippen LogP contribution in [0.3, 0.4) is 0 Å². The second kappa shape index (κ2) is 8.06. The zero-order valence-electron chi connectivity index (χ0n) is 13.4. The van der Waals surface area contributed by atoms with Gasteiger partial charge < -0.3 is 10.4 Å². The van der Waals surface area contributed by atoms with Crippen molar-refractivity contribution in [3.8, 4) is 0 Å². The molecule has 2 nitrogen and oxygen atoms in total. The molecule has 20 heavy (non-hydrogen) atoms. The number of rotatable bonds is 8. The quantitative estimate of drug-likeness (QED) is 0.710. The normalized spacial score (nSPS) is 16.1. The zero-order valence-corrected chi connectivity index (χ0v) is 14.3. The Bertz CT molecular complexity index is 390. The van der Waals surface area contributed by atoms with Crippen molar-refractivity contribution in [1.82, 2.24) is 5.32 Å². The lowest BCUT2D eigenvalue weighted by Crippen LogP contribution is -2.47. The molecule has 2 unspecified atom stereocenters. The number of nitrogens with one attached hydrogen (secondary N) is 1. The third kappa shape index (κ3) is 5.47. The molecule has 0 spiro atoms. The summed E-state index contributed by atoms with van der Waals surface area (Å²) in [5.41, 5.74) is 1.20. The topological polar surface area (TPSA) is 32.3 Å². The van der Waals surface area contributed by atoms with Gasteiger partial charge in [0.05, 0.1) is 6.61 Å². The van der Waals surface area contributed by atoms with Gasteiger partial charge in [0.2, 0.25) is 0 Å². The average molecular weight is 295 g/mol. The van der Waals surface area contributed by atoms with Crippen LogP contribution in [0.4, 0.5) is 0 Å². The van der Waals surface area contributed by atoms with Crippen molar-refractivity contribution in [3.05, 3.63) is 29.8 Å². The molecule has 0 aliphatic heterocycles. The maximum Gasteiger partial charge on any atom is 0.0611 e. The Balaban J connectivity index is 2.59. The standard InChI is InChI=1S/C17H29NOS/c1-6-18-17(5,12-19)11-14(4)20-16-9-7-15(8-10-16)13(2)3/h7-10,13-14,18-19H,6,11-12H2,1-5H3. The van der Waals surface area contributed by atoms with Gasteiger partial charge in [0, 0.05) is 15.7 Å². The number of aliphatic hydroxyl groups excluding tert-OH is 1. The van der Waals surface area contributed by atoms with Crippen LogP contribution in [-0.2, 0) is 0 Å². The largest absolute Gasteiger partial charge is 0.394 e. The van der Waals surface area contributed by atoms with E-state index < -0.39 is 0 Å². The molecule has 0 heterocycles. The number of thioether (sulfide) groups is 1.